The molecule has 1 aromatic rings. The van der Waals surface area contributed by atoms with Gasteiger partial charge in [-0.1, -0.05) is 38.1 Å². The molecular formula is C13H16O2. The topological polar surface area (TPSA) is 37.3 Å². The standard InChI is InChI=1S/C13H16O2/c1-9(2)11-4-6-12(7-5-11)13(15)8-10(3)14/h4-9,15H,1-3H3. The summed E-state index contributed by atoms with van der Waals surface area (Å²) in [6, 6.07) is 7.57. The average Bonchev–Trinajstić information content (AvgIpc) is 2.17. The van der Waals surface area contributed by atoms with Crippen molar-refractivity contribution in [3.05, 3.63) is 41.5 Å². The van der Waals surface area contributed by atoms with Crippen molar-refractivity contribution < 1.29 is 9.90 Å². The van der Waals surface area contributed by atoms with Crippen molar-refractivity contribution in [1.29, 1.82) is 0 Å². The Balaban J connectivity index is 2.94. The van der Waals surface area contributed by atoms with Gasteiger partial charge in [0.2, 0.25) is 0 Å². The van der Waals surface area contributed by atoms with Crippen molar-refractivity contribution in [2.45, 2.75) is 26.7 Å². The van der Waals surface area contributed by atoms with Crippen molar-refractivity contribution in [2.24, 2.45) is 0 Å². The van der Waals surface area contributed by atoms with Crippen LogP contribution in [0.2, 0.25) is 0 Å². The van der Waals surface area contributed by atoms with Gasteiger partial charge in [0.05, 0.1) is 0 Å². The van der Waals surface area contributed by atoms with Gasteiger partial charge in [-0.3, -0.25) is 4.79 Å². The number of benzene rings is 1. The molecule has 0 aromatic heterocycles. The van der Waals surface area contributed by atoms with Crippen LogP contribution in [-0.4, -0.2) is 10.9 Å². The highest BCUT2D eigenvalue weighted by Crippen LogP contribution is 2.17. The number of aliphatic hydroxyl groups is 1. The Morgan fingerprint density at radius 1 is 1.27 bits per heavy atom. The van der Waals surface area contributed by atoms with Crippen LogP contribution in [-0.2, 0) is 4.79 Å². The van der Waals surface area contributed by atoms with E-state index in [9.17, 15) is 9.90 Å². The van der Waals surface area contributed by atoms with Gasteiger partial charge in [-0.2, -0.15) is 0 Å². The lowest BCUT2D eigenvalue weighted by Gasteiger charge is -2.06. The van der Waals surface area contributed by atoms with Crippen LogP contribution in [0.15, 0.2) is 30.3 Å². The van der Waals surface area contributed by atoms with Gasteiger partial charge in [0.15, 0.2) is 5.78 Å². The summed E-state index contributed by atoms with van der Waals surface area (Å²) in [6.07, 6.45) is 1.23. The molecule has 0 radical (unpaired) electrons. The summed E-state index contributed by atoms with van der Waals surface area (Å²) >= 11 is 0. The van der Waals surface area contributed by atoms with Gasteiger partial charge in [-0.15, -0.1) is 0 Å². The quantitative estimate of drug-likeness (QED) is 0.606. The third kappa shape index (κ3) is 3.24. The SMILES string of the molecule is CC(=O)C=C(O)c1ccc(C(C)C)cc1. The van der Waals surface area contributed by atoms with Gasteiger partial charge in [0.25, 0.3) is 0 Å². The molecule has 0 fully saturated rings. The number of carbonyl (C=O) groups is 1. The second kappa shape index (κ2) is 4.78. The molecule has 0 saturated heterocycles. The van der Waals surface area contributed by atoms with E-state index in [4.69, 9.17) is 0 Å². The van der Waals surface area contributed by atoms with Crippen molar-refractivity contribution in [3.8, 4) is 0 Å². The average molecular weight is 204 g/mol. The van der Waals surface area contributed by atoms with E-state index in [-0.39, 0.29) is 11.5 Å². The van der Waals surface area contributed by atoms with Gasteiger partial charge < -0.3 is 5.11 Å². The molecule has 2 nitrogen and oxygen atoms in total. The molecule has 0 saturated carbocycles. The Hall–Kier alpha value is -1.57. The Labute approximate surface area is 90.3 Å². The molecule has 2 heteroatoms. The van der Waals surface area contributed by atoms with Gasteiger partial charge in [-0.25, -0.2) is 0 Å². The minimum Gasteiger partial charge on any atom is -0.507 e. The highest BCUT2D eigenvalue weighted by molar-refractivity contribution is 5.93. The summed E-state index contributed by atoms with van der Waals surface area (Å²) < 4.78 is 0. The molecule has 1 N–H and O–H groups in total. The number of rotatable bonds is 3. The number of ketones is 1. The Morgan fingerprint density at radius 3 is 2.20 bits per heavy atom. The Morgan fingerprint density at radius 2 is 1.80 bits per heavy atom. The first kappa shape index (κ1) is 11.5. The van der Waals surface area contributed by atoms with Gasteiger partial charge in [-0.05, 0) is 18.4 Å². The second-order valence-corrected chi connectivity index (χ2v) is 3.92. The first-order valence-corrected chi connectivity index (χ1v) is 5.02. The zero-order valence-corrected chi connectivity index (χ0v) is 9.32. The normalized spacial score (nSPS) is 11.9. The third-order valence-corrected chi connectivity index (χ3v) is 2.21. The molecule has 0 spiro atoms. The lowest BCUT2D eigenvalue weighted by molar-refractivity contribution is -0.112. The summed E-state index contributed by atoms with van der Waals surface area (Å²) in [5.41, 5.74) is 1.89. The summed E-state index contributed by atoms with van der Waals surface area (Å²) in [5.74, 6) is 0.344. The van der Waals surface area contributed by atoms with Crippen LogP contribution in [0, 0.1) is 0 Å². The zero-order chi connectivity index (χ0) is 11.4. The molecule has 0 atom stereocenters. The lowest BCUT2D eigenvalue weighted by atomic mass is 10.0. The second-order valence-electron chi connectivity index (χ2n) is 3.92. The smallest absolute Gasteiger partial charge is 0.156 e. The fourth-order valence-corrected chi connectivity index (χ4v) is 1.31. The number of hydrogen-bond donors (Lipinski definition) is 1. The van der Waals surface area contributed by atoms with Crippen LogP contribution in [0.5, 0.6) is 0 Å². The van der Waals surface area contributed by atoms with E-state index < -0.39 is 0 Å². The number of aliphatic hydroxyl groups excluding tert-OH is 1. The largest absolute Gasteiger partial charge is 0.507 e. The maximum absolute atomic E-state index is 10.8. The number of carbonyl (C=O) groups excluding carboxylic acids is 1. The monoisotopic (exact) mass is 204 g/mol. The first-order valence-electron chi connectivity index (χ1n) is 5.02. The predicted octanol–water partition coefficient (Wildman–Crippen LogP) is 3.30. The molecule has 0 aliphatic rings. The molecule has 0 aliphatic carbocycles. The first-order chi connectivity index (χ1) is 7.00. The molecule has 1 rings (SSSR count). The third-order valence-electron chi connectivity index (χ3n) is 2.21. The van der Waals surface area contributed by atoms with E-state index in [1.807, 2.05) is 24.3 Å². The number of allylic oxidation sites excluding steroid dienone is 1. The van der Waals surface area contributed by atoms with Crippen LogP contribution in [0.4, 0.5) is 0 Å². The Kier molecular flexibility index (Phi) is 3.67. The molecule has 0 bridgehead atoms. The predicted molar refractivity (Wildman–Crippen MR) is 61.8 cm³/mol. The molecule has 0 unspecified atom stereocenters. The lowest BCUT2D eigenvalue weighted by Crippen LogP contribution is -1.91. The fraction of sp³-hybridized carbons (Fsp3) is 0.308. The summed E-state index contributed by atoms with van der Waals surface area (Å²) in [5, 5.41) is 9.56. The van der Waals surface area contributed by atoms with Crippen molar-refractivity contribution >= 4 is 11.5 Å². The van der Waals surface area contributed by atoms with Gasteiger partial charge in [0.1, 0.15) is 5.76 Å². The molecule has 15 heavy (non-hydrogen) atoms. The van der Waals surface area contributed by atoms with E-state index in [2.05, 4.69) is 13.8 Å². The molecular weight excluding hydrogens is 188 g/mol. The molecule has 0 aliphatic heterocycles. The van der Waals surface area contributed by atoms with E-state index in [0.717, 1.165) is 0 Å². The maximum atomic E-state index is 10.8. The van der Waals surface area contributed by atoms with Gasteiger partial charge >= 0.3 is 0 Å². The van der Waals surface area contributed by atoms with Crippen LogP contribution < -0.4 is 0 Å². The summed E-state index contributed by atoms with van der Waals surface area (Å²) in [4.78, 5) is 10.8. The minimum atomic E-state index is -0.152. The maximum Gasteiger partial charge on any atom is 0.156 e. The van der Waals surface area contributed by atoms with E-state index in [1.54, 1.807) is 0 Å². The highest BCUT2D eigenvalue weighted by Gasteiger charge is 2.02. The van der Waals surface area contributed by atoms with Crippen LogP contribution in [0.1, 0.15) is 37.8 Å². The van der Waals surface area contributed by atoms with Crippen molar-refractivity contribution in [1.82, 2.24) is 0 Å². The van der Waals surface area contributed by atoms with E-state index >= 15 is 0 Å². The fourth-order valence-electron chi connectivity index (χ4n) is 1.31. The van der Waals surface area contributed by atoms with Crippen molar-refractivity contribution in [2.75, 3.05) is 0 Å². The molecule has 1 aromatic carbocycles. The van der Waals surface area contributed by atoms with Crippen LogP contribution in [0.25, 0.3) is 5.76 Å². The molecule has 80 valence electrons. The van der Waals surface area contributed by atoms with Crippen LogP contribution >= 0.6 is 0 Å². The van der Waals surface area contributed by atoms with Gasteiger partial charge in [0, 0.05) is 11.6 Å². The van der Waals surface area contributed by atoms with Crippen molar-refractivity contribution in [3.63, 3.8) is 0 Å². The number of hydrogen-bond acceptors (Lipinski definition) is 2. The van der Waals surface area contributed by atoms with E-state index in [1.165, 1.54) is 18.6 Å². The zero-order valence-electron chi connectivity index (χ0n) is 9.32. The van der Waals surface area contributed by atoms with E-state index in [0.29, 0.717) is 11.5 Å². The minimum absolute atomic E-state index is 0.0257. The summed E-state index contributed by atoms with van der Waals surface area (Å²) in [6.45, 7) is 5.64. The Bertz CT molecular complexity index is 372. The van der Waals surface area contributed by atoms with Crippen LogP contribution in [0.3, 0.4) is 0 Å². The highest BCUT2D eigenvalue weighted by atomic mass is 16.3. The molecule has 0 amide bonds. The summed E-state index contributed by atoms with van der Waals surface area (Å²) in [7, 11) is 0. The molecule has 0 heterocycles.